The fourth-order valence-corrected chi connectivity index (χ4v) is 1.85. The molecule has 66 valence electrons. The van der Waals surface area contributed by atoms with Crippen molar-refractivity contribution in [2.24, 2.45) is 0 Å². The van der Waals surface area contributed by atoms with Crippen LogP contribution in [0.4, 0.5) is 4.79 Å². The Morgan fingerprint density at radius 2 is 2.50 bits per heavy atom. The second-order valence-corrected chi connectivity index (χ2v) is 3.26. The molecular weight excluding hydrogens is 162 g/mol. The molecule has 2 aliphatic rings. The number of likely N-dealkylation sites (tertiary alicyclic amines) is 1. The van der Waals surface area contributed by atoms with Crippen LogP contribution in [0.1, 0.15) is 6.42 Å². The Morgan fingerprint density at radius 1 is 1.75 bits per heavy atom. The average Bonchev–Trinajstić information content (AvgIpc) is 2.61. The van der Waals surface area contributed by atoms with E-state index < -0.39 is 11.7 Å². The smallest absolute Gasteiger partial charge is 0.407 e. The van der Waals surface area contributed by atoms with Gasteiger partial charge in [0.15, 0.2) is 6.29 Å². The van der Waals surface area contributed by atoms with Gasteiger partial charge in [-0.1, -0.05) is 0 Å². The highest BCUT2D eigenvalue weighted by Gasteiger charge is 2.52. The van der Waals surface area contributed by atoms with Crippen molar-refractivity contribution in [1.29, 1.82) is 0 Å². The van der Waals surface area contributed by atoms with Crippen molar-refractivity contribution in [2.45, 2.75) is 18.1 Å². The van der Waals surface area contributed by atoms with E-state index in [0.29, 0.717) is 13.0 Å². The minimum absolute atomic E-state index is 0.118. The highest BCUT2D eigenvalue weighted by Crippen LogP contribution is 2.35. The first-order chi connectivity index (χ1) is 5.67. The van der Waals surface area contributed by atoms with Gasteiger partial charge in [0.2, 0.25) is 0 Å². The number of hydrogen-bond acceptors (Lipinski definition) is 3. The van der Waals surface area contributed by atoms with Crippen LogP contribution in [0.2, 0.25) is 0 Å². The van der Waals surface area contributed by atoms with E-state index in [9.17, 15) is 9.59 Å². The Morgan fingerprint density at radius 3 is 2.92 bits per heavy atom. The first-order valence-electron chi connectivity index (χ1n) is 3.77. The third-order valence-corrected chi connectivity index (χ3v) is 2.48. The first-order valence-corrected chi connectivity index (χ1v) is 3.77. The lowest BCUT2D eigenvalue weighted by Crippen LogP contribution is -2.45. The minimum atomic E-state index is -0.966. The first kappa shape index (κ1) is 7.54. The van der Waals surface area contributed by atoms with Crippen LogP contribution in [0, 0.1) is 0 Å². The predicted octanol–water partition coefficient (Wildman–Crippen LogP) is -0.293. The number of carbonyl (C=O) groups excluding carboxylic acids is 1. The molecule has 2 atom stereocenters. The van der Waals surface area contributed by atoms with E-state index >= 15 is 0 Å². The van der Waals surface area contributed by atoms with E-state index in [1.807, 2.05) is 0 Å². The average molecular weight is 171 g/mol. The Kier molecular flexibility index (Phi) is 1.38. The number of morpholine rings is 1. The van der Waals surface area contributed by atoms with Crippen molar-refractivity contribution in [1.82, 2.24) is 4.90 Å². The van der Waals surface area contributed by atoms with Crippen molar-refractivity contribution < 1.29 is 19.4 Å². The molecule has 2 fully saturated rings. The molecular formula is C7H9NO4. The number of ether oxygens (including phenoxy) is 1. The number of carbonyl (C=O) groups is 2. The predicted molar refractivity (Wildman–Crippen MR) is 37.9 cm³/mol. The molecule has 0 aromatic rings. The molecule has 0 radical (unpaired) electrons. The van der Waals surface area contributed by atoms with Crippen LogP contribution in [-0.4, -0.2) is 47.2 Å². The fourth-order valence-electron chi connectivity index (χ4n) is 1.85. The lowest BCUT2D eigenvalue weighted by atomic mass is 10.1. The van der Waals surface area contributed by atoms with Gasteiger partial charge in [-0.05, 0) is 0 Å². The number of carboxylic acid groups (broad SMARTS) is 1. The maximum Gasteiger partial charge on any atom is 0.407 e. The summed E-state index contributed by atoms with van der Waals surface area (Å²) in [6.07, 6.45) is 0.269. The van der Waals surface area contributed by atoms with Crippen molar-refractivity contribution >= 4 is 12.4 Å². The van der Waals surface area contributed by atoms with Gasteiger partial charge in [-0.2, -0.15) is 0 Å². The SMILES string of the molecule is O=C[C@@]12C[C@@H](CO1)N(C(=O)O)C2. The third kappa shape index (κ3) is 0.828. The topological polar surface area (TPSA) is 66.8 Å². The van der Waals surface area contributed by atoms with Gasteiger partial charge in [0.05, 0.1) is 19.2 Å². The maximum absolute atomic E-state index is 10.6. The van der Waals surface area contributed by atoms with Gasteiger partial charge in [-0.25, -0.2) is 4.79 Å². The molecule has 2 heterocycles. The molecule has 0 aromatic heterocycles. The van der Waals surface area contributed by atoms with Crippen LogP contribution in [0.15, 0.2) is 0 Å². The zero-order valence-corrected chi connectivity index (χ0v) is 6.40. The Bertz CT molecular complexity index is 242. The second kappa shape index (κ2) is 2.20. The zero-order valence-electron chi connectivity index (χ0n) is 6.40. The van der Waals surface area contributed by atoms with Gasteiger partial charge in [-0.15, -0.1) is 0 Å². The molecule has 0 spiro atoms. The van der Waals surface area contributed by atoms with Gasteiger partial charge in [-0.3, -0.25) is 4.90 Å². The molecule has 0 aromatic carbocycles. The monoisotopic (exact) mass is 171 g/mol. The molecule has 1 amide bonds. The molecule has 2 rings (SSSR count). The summed E-state index contributed by atoms with van der Waals surface area (Å²) in [5.41, 5.74) is -0.830. The summed E-state index contributed by atoms with van der Waals surface area (Å²) < 4.78 is 5.20. The number of nitrogens with zero attached hydrogens (tertiary/aromatic N) is 1. The van der Waals surface area contributed by atoms with Crippen molar-refractivity contribution in [2.75, 3.05) is 13.2 Å². The standard InChI is InChI=1S/C7H9NO4/c9-4-7-1-5(2-12-7)8(3-7)6(10)11/h4-5H,1-3H2,(H,10,11)/t5-,7-/m0/s1. The number of hydrogen-bond donors (Lipinski definition) is 1. The Hall–Kier alpha value is -1.10. The van der Waals surface area contributed by atoms with E-state index in [1.165, 1.54) is 4.90 Å². The van der Waals surface area contributed by atoms with Gasteiger partial charge in [0.25, 0.3) is 0 Å². The summed E-state index contributed by atoms with van der Waals surface area (Å²) >= 11 is 0. The summed E-state index contributed by atoms with van der Waals surface area (Å²) in [6.45, 7) is 0.543. The molecule has 1 N–H and O–H groups in total. The summed E-state index contributed by atoms with van der Waals surface area (Å²) in [6, 6.07) is -0.118. The molecule has 2 bridgehead atoms. The normalized spacial score (nSPS) is 38.7. The van der Waals surface area contributed by atoms with Crippen LogP contribution in [0.5, 0.6) is 0 Å². The molecule has 5 heteroatoms. The van der Waals surface area contributed by atoms with Gasteiger partial charge < -0.3 is 14.6 Å². The van der Waals surface area contributed by atoms with E-state index in [1.54, 1.807) is 0 Å². The van der Waals surface area contributed by atoms with Crippen LogP contribution in [-0.2, 0) is 9.53 Å². The molecule has 2 aliphatic heterocycles. The third-order valence-electron chi connectivity index (χ3n) is 2.48. The Labute approximate surface area is 68.9 Å². The van der Waals surface area contributed by atoms with Crippen LogP contribution in [0.25, 0.3) is 0 Å². The second-order valence-electron chi connectivity index (χ2n) is 3.26. The minimum Gasteiger partial charge on any atom is -0.465 e. The lowest BCUT2D eigenvalue weighted by Gasteiger charge is -2.27. The molecule has 0 unspecified atom stereocenters. The van der Waals surface area contributed by atoms with E-state index in [4.69, 9.17) is 9.84 Å². The van der Waals surface area contributed by atoms with Gasteiger partial charge in [0.1, 0.15) is 5.60 Å². The molecule has 5 nitrogen and oxygen atoms in total. The van der Waals surface area contributed by atoms with Crippen molar-refractivity contribution in [3.63, 3.8) is 0 Å². The van der Waals surface area contributed by atoms with Crippen LogP contribution < -0.4 is 0 Å². The van der Waals surface area contributed by atoms with Crippen molar-refractivity contribution in [3.05, 3.63) is 0 Å². The van der Waals surface area contributed by atoms with Crippen molar-refractivity contribution in [3.8, 4) is 0 Å². The molecule has 2 saturated heterocycles. The Balaban J connectivity index is 2.19. The summed E-state index contributed by atoms with van der Waals surface area (Å²) in [7, 11) is 0. The highest BCUT2D eigenvalue weighted by atomic mass is 16.5. The quantitative estimate of drug-likeness (QED) is 0.550. The van der Waals surface area contributed by atoms with E-state index in [2.05, 4.69) is 0 Å². The maximum atomic E-state index is 10.6. The van der Waals surface area contributed by atoms with Crippen LogP contribution >= 0.6 is 0 Å². The number of fused-ring (bicyclic) bond motifs is 2. The van der Waals surface area contributed by atoms with E-state index in [0.717, 1.165) is 6.29 Å². The van der Waals surface area contributed by atoms with E-state index in [-0.39, 0.29) is 12.6 Å². The zero-order chi connectivity index (χ0) is 8.77. The summed E-state index contributed by atoms with van der Waals surface area (Å²) in [5.74, 6) is 0. The van der Waals surface area contributed by atoms with Gasteiger partial charge >= 0.3 is 6.09 Å². The largest absolute Gasteiger partial charge is 0.465 e. The molecule has 12 heavy (non-hydrogen) atoms. The summed E-state index contributed by atoms with van der Waals surface area (Å²) in [5, 5.41) is 8.70. The van der Waals surface area contributed by atoms with Gasteiger partial charge in [0, 0.05) is 6.42 Å². The number of aldehydes is 1. The number of rotatable bonds is 1. The van der Waals surface area contributed by atoms with Crippen LogP contribution in [0.3, 0.4) is 0 Å². The molecule has 0 saturated carbocycles. The molecule has 0 aliphatic carbocycles. The fraction of sp³-hybridized carbons (Fsp3) is 0.714. The number of amides is 1. The summed E-state index contributed by atoms with van der Waals surface area (Å²) in [4.78, 5) is 22.5. The highest BCUT2D eigenvalue weighted by molar-refractivity contribution is 5.72. The lowest BCUT2D eigenvalue weighted by molar-refractivity contribution is -0.128.